The Morgan fingerprint density at radius 2 is 1.19 bits per heavy atom. The van der Waals surface area contributed by atoms with Crippen LogP contribution in [0.15, 0.2) is 97.1 Å². The summed E-state index contributed by atoms with van der Waals surface area (Å²) in [7, 11) is 0. The van der Waals surface area contributed by atoms with Crippen molar-refractivity contribution in [1.82, 2.24) is 4.98 Å². The van der Waals surface area contributed by atoms with E-state index in [2.05, 4.69) is 97.1 Å². The molecule has 0 aliphatic carbocycles. The Morgan fingerprint density at radius 1 is 0.581 bits per heavy atom. The van der Waals surface area contributed by atoms with Crippen molar-refractivity contribution in [3.05, 3.63) is 97.1 Å². The molecule has 0 saturated carbocycles. The molecule has 0 bridgehead atoms. The Balaban J connectivity index is 1.47. The molecule has 0 spiro atoms. The molecule has 31 heavy (non-hydrogen) atoms. The van der Waals surface area contributed by atoms with Gasteiger partial charge in [0, 0.05) is 0 Å². The van der Waals surface area contributed by atoms with Gasteiger partial charge >= 0.3 is 195 Å². The quantitative estimate of drug-likeness (QED) is 0.284. The van der Waals surface area contributed by atoms with Crippen LogP contribution in [0.25, 0.3) is 22.2 Å². The van der Waals surface area contributed by atoms with Crippen LogP contribution in [0.5, 0.6) is 0 Å². The van der Waals surface area contributed by atoms with Crippen molar-refractivity contribution < 1.29 is 0 Å². The summed E-state index contributed by atoms with van der Waals surface area (Å²) < 4.78 is 6.11. The number of pyridine rings is 1. The third-order valence-electron chi connectivity index (χ3n) is 6.19. The van der Waals surface area contributed by atoms with Crippen LogP contribution >= 0.6 is 0 Å². The molecular formula is C27H16BNSe2. The summed E-state index contributed by atoms with van der Waals surface area (Å²) in [6.07, 6.45) is 0. The summed E-state index contributed by atoms with van der Waals surface area (Å²) >= 11 is 0.652. The molecule has 0 radical (unpaired) electrons. The van der Waals surface area contributed by atoms with Crippen LogP contribution in [-0.4, -0.2) is 41.6 Å². The summed E-state index contributed by atoms with van der Waals surface area (Å²) in [6.45, 7) is 0.377. The fourth-order valence-corrected chi connectivity index (χ4v) is 10.2. The van der Waals surface area contributed by atoms with E-state index in [0.29, 0.717) is 36.6 Å². The molecule has 1 aromatic heterocycles. The van der Waals surface area contributed by atoms with Gasteiger partial charge in [-0.1, -0.05) is 0 Å². The summed E-state index contributed by atoms with van der Waals surface area (Å²) in [6, 6.07) is 35.8. The van der Waals surface area contributed by atoms with E-state index in [0.717, 1.165) is 11.2 Å². The third kappa shape index (κ3) is 2.80. The van der Waals surface area contributed by atoms with E-state index in [-0.39, 0.29) is 0 Å². The zero-order valence-corrected chi connectivity index (χ0v) is 20.0. The van der Waals surface area contributed by atoms with Crippen molar-refractivity contribution in [1.29, 1.82) is 0 Å². The van der Waals surface area contributed by atoms with Gasteiger partial charge in [-0.3, -0.25) is 0 Å². The zero-order valence-electron chi connectivity index (χ0n) is 16.6. The first-order valence-electron chi connectivity index (χ1n) is 10.4. The Hall–Kier alpha value is -2.61. The molecule has 144 valence electrons. The fourth-order valence-electron chi connectivity index (χ4n) is 4.77. The molecule has 7 rings (SSSR count). The fraction of sp³-hybridized carbons (Fsp3) is 0. The number of para-hydroxylation sites is 1. The molecule has 0 amide bonds. The Kier molecular flexibility index (Phi) is 4.04. The van der Waals surface area contributed by atoms with E-state index >= 15 is 0 Å². The summed E-state index contributed by atoms with van der Waals surface area (Å²) in [5.41, 5.74) is 8.02. The molecule has 5 aromatic rings. The van der Waals surface area contributed by atoms with Crippen molar-refractivity contribution in [3.8, 4) is 11.3 Å². The van der Waals surface area contributed by atoms with Crippen molar-refractivity contribution in [2.24, 2.45) is 0 Å². The average Bonchev–Trinajstić information content (AvgIpc) is 2.83. The van der Waals surface area contributed by atoms with Gasteiger partial charge in [-0.25, -0.2) is 0 Å². The van der Waals surface area contributed by atoms with Crippen LogP contribution in [0.1, 0.15) is 0 Å². The summed E-state index contributed by atoms with van der Waals surface area (Å²) in [5.74, 6) is 0. The maximum atomic E-state index is 5.01. The first kappa shape index (κ1) is 18.0. The van der Waals surface area contributed by atoms with Crippen LogP contribution in [-0.2, 0) is 0 Å². The van der Waals surface area contributed by atoms with Crippen LogP contribution in [0.2, 0.25) is 0 Å². The zero-order chi connectivity index (χ0) is 20.4. The van der Waals surface area contributed by atoms with Gasteiger partial charge in [0.1, 0.15) is 0 Å². The Bertz CT molecular complexity index is 1440. The van der Waals surface area contributed by atoms with Gasteiger partial charge in [0.05, 0.1) is 0 Å². The standard InChI is InChI=1S/C27H16BNSe2/c1-4-10-21-17(7-1)13-14-22(29-21)18-15-25-27-26(16-18)31-24-12-6-3-9-20(24)28(27)19-8-2-5-11-23(19)30-25/h1-16H. The molecule has 2 aliphatic rings. The van der Waals surface area contributed by atoms with Gasteiger partial charge < -0.3 is 0 Å². The van der Waals surface area contributed by atoms with Crippen molar-refractivity contribution in [2.45, 2.75) is 0 Å². The van der Waals surface area contributed by atoms with Crippen LogP contribution in [0.4, 0.5) is 0 Å². The Labute approximate surface area is 194 Å². The maximum absolute atomic E-state index is 5.01. The van der Waals surface area contributed by atoms with Crippen molar-refractivity contribution >= 4 is 81.8 Å². The van der Waals surface area contributed by atoms with Gasteiger partial charge in [0.15, 0.2) is 0 Å². The Morgan fingerprint density at radius 3 is 1.90 bits per heavy atom. The second-order valence-electron chi connectivity index (χ2n) is 7.99. The van der Waals surface area contributed by atoms with Gasteiger partial charge in [0.2, 0.25) is 0 Å². The van der Waals surface area contributed by atoms with Crippen LogP contribution < -0.4 is 34.2 Å². The third-order valence-corrected chi connectivity index (χ3v) is 11.0. The minimum absolute atomic E-state index is 0.326. The molecule has 3 heterocycles. The SMILES string of the molecule is c1ccc2c(c1)[Se]c1cc(-c3ccc4ccccc4n3)cc3c1B2c1ccccc1[Se]3. The number of aromatic nitrogens is 1. The summed E-state index contributed by atoms with van der Waals surface area (Å²) in [4.78, 5) is 5.01. The topological polar surface area (TPSA) is 12.9 Å². The molecule has 0 saturated heterocycles. The number of fused-ring (bicyclic) bond motifs is 5. The van der Waals surface area contributed by atoms with Gasteiger partial charge in [-0.15, -0.1) is 0 Å². The number of hydrogen-bond acceptors (Lipinski definition) is 1. The van der Waals surface area contributed by atoms with E-state index in [4.69, 9.17) is 4.98 Å². The van der Waals surface area contributed by atoms with E-state index < -0.39 is 0 Å². The molecule has 0 fully saturated rings. The molecule has 0 N–H and O–H groups in total. The number of benzene rings is 4. The first-order valence-corrected chi connectivity index (χ1v) is 13.9. The molecule has 1 nitrogen and oxygen atoms in total. The molecule has 2 aliphatic heterocycles. The molecule has 4 aromatic carbocycles. The molecule has 0 unspecified atom stereocenters. The molecule has 4 heteroatoms. The number of nitrogens with zero attached hydrogens (tertiary/aromatic N) is 1. The van der Waals surface area contributed by atoms with Gasteiger partial charge in [-0.2, -0.15) is 0 Å². The van der Waals surface area contributed by atoms with E-state index in [1.54, 1.807) is 5.46 Å². The first-order chi connectivity index (χ1) is 15.3. The van der Waals surface area contributed by atoms with Crippen LogP contribution in [0.3, 0.4) is 0 Å². The predicted molar refractivity (Wildman–Crippen MR) is 135 cm³/mol. The predicted octanol–water partition coefficient (Wildman–Crippen LogP) is 0.355. The number of hydrogen-bond donors (Lipinski definition) is 0. The van der Waals surface area contributed by atoms with E-state index in [1.165, 1.54) is 39.7 Å². The normalized spacial score (nSPS) is 13.5. The van der Waals surface area contributed by atoms with Gasteiger partial charge in [0.25, 0.3) is 0 Å². The molecule has 0 atom stereocenters. The molecular weight excluding hydrogens is 507 g/mol. The summed E-state index contributed by atoms with van der Waals surface area (Å²) in [5, 5.41) is 1.20. The minimum atomic E-state index is 0.326. The van der Waals surface area contributed by atoms with Crippen LogP contribution in [0, 0.1) is 0 Å². The second-order valence-corrected chi connectivity index (χ2v) is 12.5. The van der Waals surface area contributed by atoms with E-state index in [9.17, 15) is 0 Å². The average molecular weight is 523 g/mol. The van der Waals surface area contributed by atoms with E-state index in [1.807, 2.05) is 0 Å². The monoisotopic (exact) mass is 525 g/mol. The second kappa shape index (κ2) is 6.95. The number of rotatable bonds is 1. The van der Waals surface area contributed by atoms with Crippen molar-refractivity contribution in [2.75, 3.05) is 0 Å². The van der Waals surface area contributed by atoms with Gasteiger partial charge in [-0.05, 0) is 0 Å². The van der Waals surface area contributed by atoms with Crippen molar-refractivity contribution in [3.63, 3.8) is 0 Å².